The summed E-state index contributed by atoms with van der Waals surface area (Å²) in [4.78, 5) is 24.3. The van der Waals surface area contributed by atoms with E-state index < -0.39 is 6.10 Å². The zero-order valence-electron chi connectivity index (χ0n) is 16.7. The second-order valence-electron chi connectivity index (χ2n) is 7.22. The first-order valence-corrected chi connectivity index (χ1v) is 10.7. The van der Waals surface area contributed by atoms with E-state index in [-0.39, 0.29) is 12.1 Å². The summed E-state index contributed by atoms with van der Waals surface area (Å²) in [5.74, 6) is 0.656. The molecule has 2 amide bonds. The summed E-state index contributed by atoms with van der Waals surface area (Å²) in [5.41, 5.74) is 2.49. The van der Waals surface area contributed by atoms with Crippen molar-refractivity contribution in [2.24, 2.45) is 0 Å². The SMILES string of the molecule is Cc1ccnc(-c2ccc(NC(=O)N3CCOC[C@H]3C[C@H](O)c3cccs3)cc2)n1. The fourth-order valence-electron chi connectivity index (χ4n) is 3.46. The molecule has 4 rings (SSSR count). The quantitative estimate of drug-likeness (QED) is 0.649. The lowest BCUT2D eigenvalue weighted by molar-refractivity contribution is -0.00382. The summed E-state index contributed by atoms with van der Waals surface area (Å²) >= 11 is 1.51. The van der Waals surface area contributed by atoms with E-state index in [1.165, 1.54) is 11.3 Å². The Balaban J connectivity index is 1.41. The molecule has 0 unspecified atom stereocenters. The number of aryl methyl sites for hydroxylation is 1. The zero-order valence-corrected chi connectivity index (χ0v) is 17.5. The van der Waals surface area contributed by atoms with Gasteiger partial charge < -0.3 is 20.1 Å². The molecule has 1 saturated heterocycles. The lowest BCUT2D eigenvalue weighted by atomic mass is 10.1. The topological polar surface area (TPSA) is 87.6 Å². The fraction of sp³-hybridized carbons (Fsp3) is 0.318. The Morgan fingerprint density at radius 3 is 2.90 bits per heavy atom. The highest BCUT2D eigenvalue weighted by Gasteiger charge is 2.30. The monoisotopic (exact) mass is 424 g/mol. The van der Waals surface area contributed by atoms with Gasteiger partial charge in [0.25, 0.3) is 0 Å². The van der Waals surface area contributed by atoms with Crippen LogP contribution in [0.3, 0.4) is 0 Å². The van der Waals surface area contributed by atoms with Gasteiger partial charge in [0.05, 0.1) is 25.4 Å². The van der Waals surface area contributed by atoms with Gasteiger partial charge in [-0.3, -0.25) is 0 Å². The summed E-state index contributed by atoms with van der Waals surface area (Å²) in [6, 6.07) is 12.8. The van der Waals surface area contributed by atoms with Crippen molar-refractivity contribution in [3.8, 4) is 11.4 Å². The Kier molecular flexibility index (Phi) is 6.37. The van der Waals surface area contributed by atoms with Crippen molar-refractivity contribution in [1.29, 1.82) is 0 Å². The highest BCUT2D eigenvalue weighted by molar-refractivity contribution is 7.10. The van der Waals surface area contributed by atoms with Crippen LogP contribution in [0.25, 0.3) is 11.4 Å². The molecule has 1 aliphatic rings. The van der Waals surface area contributed by atoms with E-state index in [0.717, 1.165) is 16.1 Å². The van der Waals surface area contributed by atoms with Gasteiger partial charge in [0.1, 0.15) is 0 Å². The van der Waals surface area contributed by atoms with Crippen molar-refractivity contribution in [2.75, 3.05) is 25.1 Å². The number of anilines is 1. The number of aromatic nitrogens is 2. The van der Waals surface area contributed by atoms with Crippen LogP contribution in [-0.4, -0.2) is 51.8 Å². The standard InChI is InChI=1S/C22H24N4O3S/c1-15-8-9-23-21(24-15)16-4-6-17(7-5-16)25-22(28)26-10-11-29-14-18(26)13-19(27)20-3-2-12-30-20/h2-9,12,18-19,27H,10-11,13-14H2,1H3,(H,25,28)/t18-,19+/m1/s1. The highest BCUT2D eigenvalue weighted by atomic mass is 32.1. The minimum absolute atomic E-state index is 0.184. The summed E-state index contributed by atoms with van der Waals surface area (Å²) in [6.45, 7) is 3.32. The number of urea groups is 1. The number of benzene rings is 1. The number of morpholine rings is 1. The van der Waals surface area contributed by atoms with Crippen molar-refractivity contribution in [1.82, 2.24) is 14.9 Å². The van der Waals surface area contributed by atoms with E-state index in [4.69, 9.17) is 4.74 Å². The van der Waals surface area contributed by atoms with Gasteiger partial charge in [0.2, 0.25) is 0 Å². The Morgan fingerprint density at radius 1 is 1.33 bits per heavy atom. The molecule has 0 saturated carbocycles. The van der Waals surface area contributed by atoms with Gasteiger partial charge in [-0.15, -0.1) is 11.3 Å². The van der Waals surface area contributed by atoms with Crippen LogP contribution in [0.4, 0.5) is 10.5 Å². The number of rotatable bonds is 5. The molecule has 0 aliphatic carbocycles. The van der Waals surface area contributed by atoms with Crippen LogP contribution < -0.4 is 5.32 Å². The molecule has 1 fully saturated rings. The fourth-order valence-corrected chi connectivity index (χ4v) is 4.18. The maximum absolute atomic E-state index is 12.9. The van der Waals surface area contributed by atoms with Crippen LogP contribution in [0.15, 0.2) is 54.0 Å². The van der Waals surface area contributed by atoms with E-state index >= 15 is 0 Å². The third-order valence-electron chi connectivity index (χ3n) is 5.04. The number of thiophene rings is 1. The first-order chi connectivity index (χ1) is 14.6. The number of hydrogen-bond acceptors (Lipinski definition) is 6. The Morgan fingerprint density at radius 2 is 2.17 bits per heavy atom. The number of nitrogens with one attached hydrogen (secondary N) is 1. The average Bonchev–Trinajstić information content (AvgIpc) is 3.30. The van der Waals surface area contributed by atoms with E-state index in [1.807, 2.05) is 54.8 Å². The zero-order chi connectivity index (χ0) is 20.9. The smallest absolute Gasteiger partial charge is 0.322 e. The van der Waals surface area contributed by atoms with Gasteiger partial charge in [-0.1, -0.05) is 6.07 Å². The van der Waals surface area contributed by atoms with Crippen LogP contribution >= 0.6 is 11.3 Å². The van der Waals surface area contributed by atoms with Crippen molar-refractivity contribution in [2.45, 2.75) is 25.5 Å². The predicted octanol–water partition coefficient (Wildman–Crippen LogP) is 3.87. The van der Waals surface area contributed by atoms with E-state index in [0.29, 0.717) is 37.7 Å². The second kappa shape index (κ2) is 9.34. The van der Waals surface area contributed by atoms with E-state index in [2.05, 4.69) is 15.3 Å². The van der Waals surface area contributed by atoms with Crippen LogP contribution in [0, 0.1) is 6.92 Å². The first kappa shape index (κ1) is 20.5. The van der Waals surface area contributed by atoms with Crippen molar-refractivity contribution >= 4 is 23.1 Å². The van der Waals surface area contributed by atoms with Gasteiger partial charge in [0, 0.05) is 41.0 Å². The molecule has 2 aromatic heterocycles. The van der Waals surface area contributed by atoms with Gasteiger partial charge in [0.15, 0.2) is 5.82 Å². The number of carbonyl (C=O) groups excluding carboxylic acids is 1. The van der Waals surface area contributed by atoms with Crippen molar-refractivity contribution < 1.29 is 14.6 Å². The molecule has 1 aromatic carbocycles. The molecule has 3 heterocycles. The molecule has 8 heteroatoms. The maximum atomic E-state index is 12.9. The number of ether oxygens (including phenoxy) is 1. The summed E-state index contributed by atoms with van der Waals surface area (Å²) in [7, 11) is 0. The molecule has 1 aliphatic heterocycles. The average molecular weight is 425 g/mol. The molecule has 2 N–H and O–H groups in total. The Bertz CT molecular complexity index is 978. The number of aliphatic hydroxyl groups excluding tert-OH is 1. The molecular weight excluding hydrogens is 400 g/mol. The predicted molar refractivity (Wildman–Crippen MR) is 116 cm³/mol. The third kappa shape index (κ3) is 4.84. The van der Waals surface area contributed by atoms with Gasteiger partial charge in [-0.2, -0.15) is 0 Å². The summed E-state index contributed by atoms with van der Waals surface area (Å²) in [6.07, 6.45) is 1.56. The Labute approximate surface area is 179 Å². The lowest BCUT2D eigenvalue weighted by Crippen LogP contribution is -2.50. The van der Waals surface area contributed by atoms with Gasteiger partial charge in [-0.25, -0.2) is 14.8 Å². The largest absolute Gasteiger partial charge is 0.387 e. The number of carbonyl (C=O) groups is 1. The van der Waals surface area contributed by atoms with Crippen LogP contribution in [0.2, 0.25) is 0 Å². The minimum Gasteiger partial charge on any atom is -0.387 e. The number of nitrogens with zero attached hydrogens (tertiary/aromatic N) is 3. The maximum Gasteiger partial charge on any atom is 0.322 e. The normalized spacial score (nSPS) is 17.5. The number of hydrogen-bond donors (Lipinski definition) is 2. The molecule has 7 nitrogen and oxygen atoms in total. The minimum atomic E-state index is -0.611. The summed E-state index contributed by atoms with van der Waals surface area (Å²) < 4.78 is 5.56. The van der Waals surface area contributed by atoms with Crippen LogP contribution in [-0.2, 0) is 4.74 Å². The summed E-state index contributed by atoms with van der Waals surface area (Å²) in [5, 5.41) is 15.4. The van der Waals surface area contributed by atoms with Crippen molar-refractivity contribution in [3.63, 3.8) is 0 Å². The lowest BCUT2D eigenvalue weighted by Gasteiger charge is -2.36. The van der Waals surface area contributed by atoms with Crippen LogP contribution in [0.5, 0.6) is 0 Å². The second-order valence-corrected chi connectivity index (χ2v) is 8.20. The Hall–Kier alpha value is -2.81. The van der Waals surface area contributed by atoms with E-state index in [9.17, 15) is 9.90 Å². The third-order valence-corrected chi connectivity index (χ3v) is 6.02. The van der Waals surface area contributed by atoms with E-state index in [1.54, 1.807) is 11.1 Å². The molecule has 0 radical (unpaired) electrons. The van der Waals surface area contributed by atoms with Gasteiger partial charge >= 0.3 is 6.03 Å². The first-order valence-electron chi connectivity index (χ1n) is 9.87. The molecule has 30 heavy (non-hydrogen) atoms. The van der Waals surface area contributed by atoms with Crippen LogP contribution in [0.1, 0.15) is 23.1 Å². The molecule has 156 valence electrons. The number of aliphatic hydroxyl groups is 1. The molecule has 3 aromatic rings. The molecular formula is C22H24N4O3S. The van der Waals surface area contributed by atoms with Crippen molar-refractivity contribution in [3.05, 3.63) is 64.6 Å². The number of amides is 2. The molecule has 0 bridgehead atoms. The highest BCUT2D eigenvalue weighted by Crippen LogP contribution is 2.26. The van der Waals surface area contributed by atoms with Gasteiger partial charge in [-0.05, 0) is 48.7 Å². The molecule has 0 spiro atoms. The molecule has 2 atom stereocenters.